The van der Waals surface area contributed by atoms with Crippen LogP contribution in [0.5, 0.6) is 0 Å². The number of hydrogen-bond donors (Lipinski definition) is 1. The van der Waals surface area contributed by atoms with E-state index in [2.05, 4.69) is 19.2 Å². The van der Waals surface area contributed by atoms with Gasteiger partial charge in [0.1, 0.15) is 6.10 Å². The van der Waals surface area contributed by atoms with Gasteiger partial charge in [-0.15, -0.1) is 0 Å². The van der Waals surface area contributed by atoms with Crippen molar-refractivity contribution in [1.82, 2.24) is 10.2 Å². The predicted molar refractivity (Wildman–Crippen MR) is 68.9 cm³/mol. The summed E-state index contributed by atoms with van der Waals surface area (Å²) in [7, 11) is 0. The first kappa shape index (κ1) is 14.5. The van der Waals surface area contributed by atoms with Gasteiger partial charge in [0.05, 0.1) is 6.61 Å². The van der Waals surface area contributed by atoms with Gasteiger partial charge in [-0.3, -0.25) is 4.79 Å². The van der Waals surface area contributed by atoms with Crippen LogP contribution in [0, 0.1) is 5.92 Å². The lowest BCUT2D eigenvalue weighted by Crippen LogP contribution is -2.50. The third-order valence-electron chi connectivity index (χ3n) is 3.53. The maximum atomic E-state index is 12.3. The molecule has 1 rings (SSSR count). The molecule has 17 heavy (non-hydrogen) atoms. The Kier molecular flexibility index (Phi) is 6.52. The minimum absolute atomic E-state index is 0.145. The number of amides is 1. The van der Waals surface area contributed by atoms with Gasteiger partial charge in [0, 0.05) is 26.2 Å². The lowest BCUT2D eigenvalue weighted by molar-refractivity contribution is -0.145. The van der Waals surface area contributed by atoms with Crippen LogP contribution >= 0.6 is 0 Å². The van der Waals surface area contributed by atoms with E-state index < -0.39 is 0 Å². The minimum Gasteiger partial charge on any atom is -0.366 e. The zero-order valence-corrected chi connectivity index (χ0v) is 11.4. The molecule has 1 amide bonds. The van der Waals surface area contributed by atoms with Gasteiger partial charge in [-0.2, -0.15) is 0 Å². The molecule has 1 atom stereocenters. The molecule has 1 unspecified atom stereocenters. The molecule has 1 heterocycles. The van der Waals surface area contributed by atoms with Gasteiger partial charge >= 0.3 is 0 Å². The fraction of sp³-hybridized carbons (Fsp3) is 0.923. The van der Waals surface area contributed by atoms with Crippen LogP contribution in [0.4, 0.5) is 0 Å². The summed E-state index contributed by atoms with van der Waals surface area (Å²) in [4.78, 5) is 14.2. The molecular weight excluding hydrogens is 216 g/mol. The maximum Gasteiger partial charge on any atom is 0.253 e. The van der Waals surface area contributed by atoms with Gasteiger partial charge in [-0.25, -0.2) is 0 Å². The third kappa shape index (κ3) is 4.28. The molecule has 4 heteroatoms. The quantitative estimate of drug-likeness (QED) is 0.762. The van der Waals surface area contributed by atoms with Crippen LogP contribution in [0.2, 0.25) is 0 Å². The molecule has 0 radical (unpaired) electrons. The van der Waals surface area contributed by atoms with E-state index in [1.807, 2.05) is 11.8 Å². The number of hydrogen-bond acceptors (Lipinski definition) is 3. The molecule has 0 bridgehead atoms. The lowest BCUT2D eigenvalue weighted by Gasteiger charge is -2.31. The first-order chi connectivity index (χ1) is 8.22. The van der Waals surface area contributed by atoms with Crippen LogP contribution in [-0.4, -0.2) is 49.7 Å². The highest BCUT2D eigenvalue weighted by molar-refractivity contribution is 5.81. The average Bonchev–Trinajstić information content (AvgIpc) is 2.40. The second-order valence-electron chi connectivity index (χ2n) is 4.62. The molecule has 0 aromatic carbocycles. The van der Waals surface area contributed by atoms with Crippen molar-refractivity contribution in [2.45, 2.75) is 39.7 Å². The number of nitrogens with zero attached hydrogens (tertiary/aromatic N) is 1. The normalized spacial score (nSPS) is 20.6. The van der Waals surface area contributed by atoms with Crippen LogP contribution in [-0.2, 0) is 9.53 Å². The second kappa shape index (κ2) is 7.67. The standard InChI is InChI=1S/C13H26N2O2/c1-4-11(5-2)10-15(6-3)13(16)12-9-14-7-8-17-12/h11-12,14H,4-10H2,1-3H3. The molecule has 1 fully saturated rings. The van der Waals surface area contributed by atoms with Crippen LogP contribution < -0.4 is 5.32 Å². The van der Waals surface area contributed by atoms with Crippen molar-refractivity contribution in [2.75, 3.05) is 32.8 Å². The molecule has 0 aliphatic carbocycles. The zero-order valence-electron chi connectivity index (χ0n) is 11.4. The highest BCUT2D eigenvalue weighted by atomic mass is 16.5. The number of carbonyl (C=O) groups excluding carboxylic acids is 1. The van der Waals surface area contributed by atoms with Gasteiger partial charge in [-0.05, 0) is 12.8 Å². The summed E-state index contributed by atoms with van der Waals surface area (Å²) in [5.74, 6) is 0.752. The van der Waals surface area contributed by atoms with E-state index in [1.54, 1.807) is 0 Å². The molecule has 0 saturated carbocycles. The third-order valence-corrected chi connectivity index (χ3v) is 3.53. The van der Waals surface area contributed by atoms with Crippen molar-refractivity contribution in [1.29, 1.82) is 0 Å². The minimum atomic E-state index is -0.280. The van der Waals surface area contributed by atoms with Crippen molar-refractivity contribution in [3.8, 4) is 0 Å². The molecule has 0 aromatic heterocycles. The Labute approximate surface area is 105 Å². The molecule has 1 aliphatic rings. The Morgan fingerprint density at radius 2 is 2.12 bits per heavy atom. The van der Waals surface area contributed by atoms with E-state index >= 15 is 0 Å². The summed E-state index contributed by atoms with van der Waals surface area (Å²) in [5.41, 5.74) is 0. The van der Waals surface area contributed by atoms with Crippen LogP contribution in [0.25, 0.3) is 0 Å². The lowest BCUT2D eigenvalue weighted by atomic mass is 10.0. The smallest absolute Gasteiger partial charge is 0.253 e. The average molecular weight is 242 g/mol. The van der Waals surface area contributed by atoms with Crippen LogP contribution in [0.3, 0.4) is 0 Å². The van der Waals surface area contributed by atoms with Crippen molar-refractivity contribution in [2.24, 2.45) is 5.92 Å². The first-order valence-corrected chi connectivity index (χ1v) is 6.83. The summed E-state index contributed by atoms with van der Waals surface area (Å²) in [6.45, 7) is 10.2. The SMILES string of the molecule is CCC(CC)CN(CC)C(=O)C1CNCCO1. The number of morpholine rings is 1. The summed E-state index contributed by atoms with van der Waals surface area (Å²) in [6, 6.07) is 0. The molecule has 100 valence electrons. The summed E-state index contributed by atoms with van der Waals surface area (Å²) in [6.07, 6.45) is 1.98. The van der Waals surface area contributed by atoms with Crippen LogP contribution in [0.1, 0.15) is 33.6 Å². The first-order valence-electron chi connectivity index (χ1n) is 6.83. The van der Waals surface area contributed by atoms with Gasteiger partial charge in [0.2, 0.25) is 0 Å². The number of carbonyl (C=O) groups is 1. The molecule has 1 saturated heterocycles. The molecule has 1 N–H and O–H groups in total. The zero-order chi connectivity index (χ0) is 12.7. The van der Waals surface area contributed by atoms with E-state index in [-0.39, 0.29) is 12.0 Å². The van der Waals surface area contributed by atoms with Gasteiger partial charge in [-0.1, -0.05) is 26.7 Å². The van der Waals surface area contributed by atoms with Crippen LogP contribution in [0.15, 0.2) is 0 Å². The van der Waals surface area contributed by atoms with E-state index in [0.29, 0.717) is 19.1 Å². The van der Waals surface area contributed by atoms with E-state index in [9.17, 15) is 4.79 Å². The van der Waals surface area contributed by atoms with Crippen molar-refractivity contribution in [3.05, 3.63) is 0 Å². The molecule has 1 aliphatic heterocycles. The Morgan fingerprint density at radius 1 is 1.41 bits per heavy atom. The highest BCUT2D eigenvalue weighted by Crippen LogP contribution is 2.12. The Morgan fingerprint density at radius 3 is 2.59 bits per heavy atom. The highest BCUT2D eigenvalue weighted by Gasteiger charge is 2.26. The molecule has 0 spiro atoms. The summed E-state index contributed by atoms with van der Waals surface area (Å²) >= 11 is 0. The monoisotopic (exact) mass is 242 g/mol. The van der Waals surface area contributed by atoms with E-state index in [0.717, 1.165) is 32.5 Å². The van der Waals surface area contributed by atoms with Gasteiger partial charge < -0.3 is 15.0 Å². The Hall–Kier alpha value is -0.610. The van der Waals surface area contributed by atoms with Crippen molar-refractivity contribution < 1.29 is 9.53 Å². The van der Waals surface area contributed by atoms with E-state index in [4.69, 9.17) is 4.74 Å². The van der Waals surface area contributed by atoms with Crippen molar-refractivity contribution >= 4 is 5.91 Å². The van der Waals surface area contributed by atoms with E-state index in [1.165, 1.54) is 0 Å². The largest absolute Gasteiger partial charge is 0.366 e. The predicted octanol–water partition coefficient (Wildman–Crippen LogP) is 1.26. The fourth-order valence-corrected chi connectivity index (χ4v) is 2.16. The molecule has 4 nitrogen and oxygen atoms in total. The topological polar surface area (TPSA) is 41.6 Å². The second-order valence-corrected chi connectivity index (χ2v) is 4.62. The number of rotatable bonds is 6. The Bertz CT molecular complexity index is 223. The Balaban J connectivity index is 2.50. The molecule has 0 aromatic rings. The fourth-order valence-electron chi connectivity index (χ4n) is 2.16. The summed E-state index contributed by atoms with van der Waals surface area (Å²) < 4.78 is 5.52. The van der Waals surface area contributed by atoms with Crippen molar-refractivity contribution in [3.63, 3.8) is 0 Å². The van der Waals surface area contributed by atoms with Gasteiger partial charge in [0.25, 0.3) is 5.91 Å². The number of ether oxygens (including phenoxy) is 1. The number of likely N-dealkylation sites (N-methyl/N-ethyl adjacent to an activating group) is 1. The number of nitrogens with one attached hydrogen (secondary N) is 1. The maximum absolute atomic E-state index is 12.3. The summed E-state index contributed by atoms with van der Waals surface area (Å²) in [5, 5.41) is 3.20. The van der Waals surface area contributed by atoms with Gasteiger partial charge in [0.15, 0.2) is 0 Å². The molecular formula is C13H26N2O2.